The maximum Gasteiger partial charge on any atom is 0.0673 e. The van der Waals surface area contributed by atoms with Crippen LogP contribution in [0.25, 0.3) is 0 Å². The summed E-state index contributed by atoms with van der Waals surface area (Å²) in [5, 5.41) is 10.3. The van der Waals surface area contributed by atoms with Crippen LogP contribution in [-0.4, -0.2) is 10.7 Å². The Morgan fingerprint density at radius 3 is 2.50 bits per heavy atom. The second-order valence-corrected chi connectivity index (χ2v) is 5.06. The van der Waals surface area contributed by atoms with E-state index in [9.17, 15) is 5.11 Å². The summed E-state index contributed by atoms with van der Waals surface area (Å²) in [5.74, 6) is 0.536. The molecule has 1 heteroatoms. The maximum absolute atomic E-state index is 10.3. The average molecular weight is 198 g/mol. The van der Waals surface area contributed by atoms with Gasteiger partial charge in [0, 0.05) is 0 Å². The SMILES string of the molecule is CCCCCCCC1(O)CCCC1C. The van der Waals surface area contributed by atoms with Crippen LogP contribution in [0.15, 0.2) is 0 Å². The molecule has 84 valence electrons. The van der Waals surface area contributed by atoms with Crippen LogP contribution >= 0.6 is 0 Å². The fourth-order valence-electron chi connectivity index (χ4n) is 2.64. The minimum Gasteiger partial charge on any atom is -0.390 e. The van der Waals surface area contributed by atoms with Gasteiger partial charge in [-0.1, -0.05) is 52.4 Å². The third-order valence-electron chi connectivity index (χ3n) is 3.88. The molecule has 0 bridgehead atoms. The van der Waals surface area contributed by atoms with Gasteiger partial charge in [0.2, 0.25) is 0 Å². The Hall–Kier alpha value is -0.0400. The van der Waals surface area contributed by atoms with Crippen molar-refractivity contribution in [2.45, 2.75) is 77.2 Å². The van der Waals surface area contributed by atoms with Gasteiger partial charge < -0.3 is 5.11 Å². The van der Waals surface area contributed by atoms with E-state index in [1.54, 1.807) is 0 Å². The van der Waals surface area contributed by atoms with Gasteiger partial charge in [0.1, 0.15) is 0 Å². The number of hydrogen-bond donors (Lipinski definition) is 1. The summed E-state index contributed by atoms with van der Waals surface area (Å²) in [6.07, 6.45) is 11.1. The van der Waals surface area contributed by atoms with E-state index in [0.717, 1.165) is 12.8 Å². The first-order chi connectivity index (χ1) is 6.69. The van der Waals surface area contributed by atoms with E-state index in [2.05, 4.69) is 13.8 Å². The highest BCUT2D eigenvalue weighted by atomic mass is 16.3. The Balaban J connectivity index is 2.10. The molecule has 0 radical (unpaired) electrons. The van der Waals surface area contributed by atoms with Gasteiger partial charge in [-0.25, -0.2) is 0 Å². The van der Waals surface area contributed by atoms with Crippen LogP contribution in [0.4, 0.5) is 0 Å². The fraction of sp³-hybridized carbons (Fsp3) is 1.00. The van der Waals surface area contributed by atoms with Gasteiger partial charge in [0.05, 0.1) is 5.60 Å². The van der Waals surface area contributed by atoms with Gasteiger partial charge in [-0.15, -0.1) is 0 Å². The van der Waals surface area contributed by atoms with Crippen LogP contribution in [0.2, 0.25) is 0 Å². The Kier molecular flexibility index (Phi) is 4.94. The molecule has 0 aliphatic heterocycles. The number of unbranched alkanes of at least 4 members (excludes halogenated alkanes) is 4. The highest BCUT2D eigenvalue weighted by molar-refractivity contribution is 4.89. The molecule has 2 atom stereocenters. The van der Waals surface area contributed by atoms with Crippen molar-refractivity contribution in [1.82, 2.24) is 0 Å². The summed E-state index contributed by atoms with van der Waals surface area (Å²) in [7, 11) is 0. The van der Waals surface area contributed by atoms with E-state index in [1.165, 1.54) is 44.9 Å². The van der Waals surface area contributed by atoms with Gasteiger partial charge in [0.15, 0.2) is 0 Å². The summed E-state index contributed by atoms with van der Waals surface area (Å²) in [6.45, 7) is 4.45. The third-order valence-corrected chi connectivity index (χ3v) is 3.88. The monoisotopic (exact) mass is 198 g/mol. The second kappa shape index (κ2) is 5.75. The van der Waals surface area contributed by atoms with Crippen LogP contribution in [0.3, 0.4) is 0 Å². The van der Waals surface area contributed by atoms with E-state index in [1.807, 2.05) is 0 Å². The highest BCUT2D eigenvalue weighted by Crippen LogP contribution is 2.38. The molecule has 2 unspecified atom stereocenters. The molecule has 0 aromatic heterocycles. The normalized spacial score (nSPS) is 32.4. The van der Waals surface area contributed by atoms with Crippen molar-refractivity contribution in [3.05, 3.63) is 0 Å². The summed E-state index contributed by atoms with van der Waals surface area (Å²) in [5.41, 5.74) is -0.299. The van der Waals surface area contributed by atoms with Crippen molar-refractivity contribution < 1.29 is 5.11 Å². The molecule has 0 aromatic carbocycles. The van der Waals surface area contributed by atoms with Crippen LogP contribution in [0.5, 0.6) is 0 Å². The summed E-state index contributed by atoms with van der Waals surface area (Å²) < 4.78 is 0. The standard InChI is InChI=1S/C13H26O/c1-3-4-5-6-7-10-13(14)11-8-9-12(13)2/h12,14H,3-11H2,1-2H3. The molecule has 1 saturated carbocycles. The smallest absolute Gasteiger partial charge is 0.0673 e. The molecule has 1 fully saturated rings. The van der Waals surface area contributed by atoms with Crippen LogP contribution in [0, 0.1) is 5.92 Å². The summed E-state index contributed by atoms with van der Waals surface area (Å²) in [6, 6.07) is 0. The van der Waals surface area contributed by atoms with Crippen molar-refractivity contribution in [1.29, 1.82) is 0 Å². The Bertz CT molecular complexity index is 155. The predicted molar refractivity (Wildman–Crippen MR) is 61.3 cm³/mol. The molecule has 1 aliphatic carbocycles. The first-order valence-electron chi connectivity index (χ1n) is 6.41. The number of rotatable bonds is 6. The van der Waals surface area contributed by atoms with Gasteiger partial charge in [-0.3, -0.25) is 0 Å². The molecule has 1 rings (SSSR count). The van der Waals surface area contributed by atoms with Gasteiger partial charge in [0.25, 0.3) is 0 Å². The molecule has 0 aromatic rings. The lowest BCUT2D eigenvalue weighted by atomic mass is 9.87. The van der Waals surface area contributed by atoms with Crippen molar-refractivity contribution in [2.24, 2.45) is 5.92 Å². The second-order valence-electron chi connectivity index (χ2n) is 5.06. The van der Waals surface area contributed by atoms with Crippen molar-refractivity contribution >= 4 is 0 Å². The van der Waals surface area contributed by atoms with Crippen molar-refractivity contribution in [3.63, 3.8) is 0 Å². The summed E-state index contributed by atoms with van der Waals surface area (Å²) >= 11 is 0. The highest BCUT2D eigenvalue weighted by Gasteiger charge is 2.37. The van der Waals surface area contributed by atoms with Crippen molar-refractivity contribution in [2.75, 3.05) is 0 Å². The molecule has 0 heterocycles. The van der Waals surface area contributed by atoms with E-state index < -0.39 is 0 Å². The molecule has 1 nitrogen and oxygen atoms in total. The lowest BCUT2D eigenvalue weighted by Crippen LogP contribution is -2.31. The van der Waals surface area contributed by atoms with Crippen molar-refractivity contribution in [3.8, 4) is 0 Å². The molecular weight excluding hydrogens is 172 g/mol. The van der Waals surface area contributed by atoms with Crippen LogP contribution in [0.1, 0.15) is 71.6 Å². The van der Waals surface area contributed by atoms with Gasteiger partial charge in [-0.05, 0) is 25.2 Å². The number of aliphatic hydroxyl groups is 1. The molecule has 1 N–H and O–H groups in total. The predicted octanol–water partition coefficient (Wildman–Crippen LogP) is 3.90. The number of hydrogen-bond acceptors (Lipinski definition) is 1. The lowest BCUT2D eigenvalue weighted by molar-refractivity contribution is -0.00127. The zero-order valence-corrected chi connectivity index (χ0v) is 9.89. The zero-order valence-electron chi connectivity index (χ0n) is 9.89. The fourth-order valence-corrected chi connectivity index (χ4v) is 2.64. The van der Waals surface area contributed by atoms with E-state index in [4.69, 9.17) is 0 Å². The molecular formula is C13H26O. The van der Waals surface area contributed by atoms with Crippen LogP contribution in [-0.2, 0) is 0 Å². The topological polar surface area (TPSA) is 20.2 Å². The molecule has 1 aliphatic rings. The minimum atomic E-state index is -0.299. The molecule has 0 spiro atoms. The maximum atomic E-state index is 10.3. The van der Waals surface area contributed by atoms with E-state index in [-0.39, 0.29) is 5.60 Å². The molecule has 0 saturated heterocycles. The lowest BCUT2D eigenvalue weighted by Gasteiger charge is -2.27. The largest absolute Gasteiger partial charge is 0.390 e. The minimum absolute atomic E-state index is 0.299. The van der Waals surface area contributed by atoms with Gasteiger partial charge in [-0.2, -0.15) is 0 Å². The molecule has 0 amide bonds. The summed E-state index contributed by atoms with van der Waals surface area (Å²) in [4.78, 5) is 0. The zero-order chi connectivity index (χ0) is 10.4. The van der Waals surface area contributed by atoms with Gasteiger partial charge >= 0.3 is 0 Å². The first kappa shape index (κ1) is 12.0. The first-order valence-corrected chi connectivity index (χ1v) is 6.41. The average Bonchev–Trinajstić information content (AvgIpc) is 2.47. The Labute approximate surface area is 88.9 Å². The Morgan fingerprint density at radius 1 is 1.21 bits per heavy atom. The van der Waals surface area contributed by atoms with E-state index >= 15 is 0 Å². The quantitative estimate of drug-likeness (QED) is 0.642. The third kappa shape index (κ3) is 3.27. The Morgan fingerprint density at radius 2 is 1.93 bits per heavy atom. The van der Waals surface area contributed by atoms with Crippen LogP contribution < -0.4 is 0 Å². The van der Waals surface area contributed by atoms with E-state index in [0.29, 0.717) is 5.92 Å². The molecule has 14 heavy (non-hydrogen) atoms.